The molecule has 0 saturated carbocycles. The van der Waals surface area contributed by atoms with Gasteiger partial charge in [0.15, 0.2) is 5.01 Å². The van der Waals surface area contributed by atoms with E-state index < -0.39 is 23.0 Å². The number of nitrogens with zero attached hydrogens (tertiary/aromatic N) is 2. The highest BCUT2D eigenvalue weighted by molar-refractivity contribution is 7.11. The van der Waals surface area contributed by atoms with Gasteiger partial charge in [0.1, 0.15) is 5.82 Å². The van der Waals surface area contributed by atoms with Crippen molar-refractivity contribution in [2.24, 2.45) is 0 Å². The van der Waals surface area contributed by atoms with Gasteiger partial charge in [-0.15, -0.1) is 11.3 Å². The van der Waals surface area contributed by atoms with Crippen LogP contribution < -0.4 is 5.32 Å². The molecule has 0 aliphatic rings. The van der Waals surface area contributed by atoms with Crippen molar-refractivity contribution in [2.75, 3.05) is 6.54 Å². The number of pyridine rings is 1. The van der Waals surface area contributed by atoms with Gasteiger partial charge in [-0.05, 0) is 18.7 Å². The van der Waals surface area contributed by atoms with E-state index in [0.717, 1.165) is 6.20 Å². The van der Waals surface area contributed by atoms with Gasteiger partial charge in [-0.25, -0.2) is 9.37 Å². The first-order valence-electron chi connectivity index (χ1n) is 5.79. The minimum atomic E-state index is -4.46. The Labute approximate surface area is 116 Å². The van der Waals surface area contributed by atoms with Crippen molar-refractivity contribution in [3.8, 4) is 0 Å². The fourth-order valence-electron chi connectivity index (χ4n) is 1.66. The molecule has 3 nitrogen and oxygen atoms in total. The molecule has 1 unspecified atom stereocenters. The molecule has 2 aromatic rings. The SMILES string of the molecule is CCNC(c1ccc(F)cn1)c1cnc(C(F)(F)F)s1. The Hall–Kier alpha value is -1.54. The molecule has 0 bridgehead atoms. The third-order valence-electron chi connectivity index (χ3n) is 2.50. The van der Waals surface area contributed by atoms with Crippen LogP contribution in [0.1, 0.15) is 28.5 Å². The van der Waals surface area contributed by atoms with Crippen LogP contribution in [0.25, 0.3) is 0 Å². The van der Waals surface area contributed by atoms with Crippen LogP contribution in [0, 0.1) is 5.82 Å². The molecule has 0 amide bonds. The summed E-state index contributed by atoms with van der Waals surface area (Å²) in [6, 6.07) is 2.13. The predicted octanol–water partition coefficient (Wildman–Crippen LogP) is 3.39. The molecule has 2 heterocycles. The summed E-state index contributed by atoms with van der Waals surface area (Å²) in [5, 5.41) is 2.11. The van der Waals surface area contributed by atoms with Gasteiger partial charge in [0.25, 0.3) is 0 Å². The van der Waals surface area contributed by atoms with Gasteiger partial charge in [0, 0.05) is 11.1 Å². The number of halogens is 4. The number of aromatic nitrogens is 2. The van der Waals surface area contributed by atoms with Gasteiger partial charge >= 0.3 is 6.18 Å². The Morgan fingerprint density at radius 1 is 1.25 bits per heavy atom. The van der Waals surface area contributed by atoms with E-state index in [2.05, 4.69) is 15.3 Å². The Morgan fingerprint density at radius 3 is 2.50 bits per heavy atom. The van der Waals surface area contributed by atoms with Gasteiger partial charge in [-0.1, -0.05) is 6.92 Å². The van der Waals surface area contributed by atoms with Gasteiger partial charge in [-0.2, -0.15) is 13.2 Å². The van der Waals surface area contributed by atoms with Crippen LogP contribution in [-0.2, 0) is 6.18 Å². The van der Waals surface area contributed by atoms with Gasteiger partial charge in [-0.3, -0.25) is 4.98 Å². The highest BCUT2D eigenvalue weighted by atomic mass is 32.1. The third-order valence-corrected chi connectivity index (χ3v) is 3.61. The fraction of sp³-hybridized carbons (Fsp3) is 0.333. The maximum atomic E-state index is 12.9. The lowest BCUT2D eigenvalue weighted by Crippen LogP contribution is -2.22. The number of thiazole rings is 1. The minimum Gasteiger partial charge on any atom is -0.305 e. The Balaban J connectivity index is 2.33. The second kappa shape index (κ2) is 5.84. The second-order valence-corrected chi connectivity index (χ2v) is 5.02. The van der Waals surface area contributed by atoms with Crippen LogP contribution in [0.5, 0.6) is 0 Å². The highest BCUT2D eigenvalue weighted by Gasteiger charge is 2.35. The number of nitrogens with one attached hydrogen (secondary N) is 1. The van der Waals surface area contributed by atoms with E-state index in [4.69, 9.17) is 0 Å². The first-order chi connectivity index (χ1) is 9.41. The van der Waals surface area contributed by atoms with E-state index in [-0.39, 0.29) is 0 Å². The maximum absolute atomic E-state index is 12.9. The van der Waals surface area contributed by atoms with E-state index in [1.54, 1.807) is 0 Å². The van der Waals surface area contributed by atoms with Crippen molar-refractivity contribution in [2.45, 2.75) is 19.1 Å². The molecule has 0 saturated heterocycles. The lowest BCUT2D eigenvalue weighted by molar-refractivity contribution is -0.137. The summed E-state index contributed by atoms with van der Waals surface area (Å²) in [6.07, 6.45) is -2.26. The van der Waals surface area contributed by atoms with Crippen molar-refractivity contribution >= 4 is 11.3 Å². The average Bonchev–Trinajstić information content (AvgIpc) is 2.86. The normalized spacial score (nSPS) is 13.4. The van der Waals surface area contributed by atoms with E-state index >= 15 is 0 Å². The topological polar surface area (TPSA) is 37.8 Å². The summed E-state index contributed by atoms with van der Waals surface area (Å²) in [6.45, 7) is 2.35. The molecule has 1 atom stereocenters. The zero-order valence-electron chi connectivity index (χ0n) is 10.4. The average molecular weight is 305 g/mol. The standard InChI is InChI=1S/C12H11F4N3S/c1-2-17-10(8-4-3-7(13)5-18-8)9-6-19-11(20-9)12(14,15)16/h3-6,10,17H,2H2,1H3. The smallest absolute Gasteiger partial charge is 0.305 e. The Kier molecular flexibility index (Phi) is 4.34. The molecule has 0 aromatic carbocycles. The lowest BCUT2D eigenvalue weighted by Gasteiger charge is -2.15. The van der Waals surface area contributed by atoms with Crippen molar-refractivity contribution in [1.82, 2.24) is 15.3 Å². The van der Waals surface area contributed by atoms with Crippen LogP contribution in [0.3, 0.4) is 0 Å². The van der Waals surface area contributed by atoms with Crippen molar-refractivity contribution in [3.05, 3.63) is 45.9 Å². The third kappa shape index (κ3) is 3.31. The van der Waals surface area contributed by atoms with Gasteiger partial charge in [0.05, 0.1) is 17.9 Å². The van der Waals surface area contributed by atoms with Crippen LogP contribution in [0.2, 0.25) is 0 Å². The Morgan fingerprint density at radius 2 is 2.00 bits per heavy atom. The van der Waals surface area contributed by atoms with E-state index in [1.165, 1.54) is 18.3 Å². The molecule has 2 rings (SSSR count). The highest BCUT2D eigenvalue weighted by Crippen LogP contribution is 2.35. The van der Waals surface area contributed by atoms with Crippen molar-refractivity contribution < 1.29 is 17.6 Å². The molecule has 0 aliphatic carbocycles. The molecule has 2 aromatic heterocycles. The molecule has 0 aliphatic heterocycles. The first kappa shape index (κ1) is 14.9. The summed E-state index contributed by atoms with van der Waals surface area (Å²) < 4.78 is 50.6. The van der Waals surface area contributed by atoms with Crippen LogP contribution in [0.15, 0.2) is 24.5 Å². The van der Waals surface area contributed by atoms with Crippen LogP contribution >= 0.6 is 11.3 Å². The summed E-state index contributed by atoms with van der Waals surface area (Å²) in [7, 11) is 0. The molecule has 1 N–H and O–H groups in total. The molecular weight excluding hydrogens is 294 g/mol. The summed E-state index contributed by atoms with van der Waals surface area (Å²) in [5.74, 6) is -0.496. The van der Waals surface area contributed by atoms with Gasteiger partial charge < -0.3 is 5.32 Å². The van der Waals surface area contributed by atoms with Crippen molar-refractivity contribution in [3.63, 3.8) is 0 Å². The minimum absolute atomic E-state index is 0.387. The number of rotatable bonds is 4. The van der Waals surface area contributed by atoms with E-state index in [0.29, 0.717) is 28.5 Å². The monoisotopic (exact) mass is 305 g/mol. The molecular formula is C12H11F4N3S. The molecule has 0 fully saturated rings. The lowest BCUT2D eigenvalue weighted by atomic mass is 10.1. The molecule has 108 valence electrons. The second-order valence-electron chi connectivity index (χ2n) is 3.96. The van der Waals surface area contributed by atoms with E-state index in [9.17, 15) is 17.6 Å². The zero-order chi connectivity index (χ0) is 14.8. The zero-order valence-corrected chi connectivity index (χ0v) is 11.2. The first-order valence-corrected chi connectivity index (χ1v) is 6.61. The van der Waals surface area contributed by atoms with Crippen LogP contribution in [-0.4, -0.2) is 16.5 Å². The summed E-state index contributed by atoms with van der Waals surface area (Å²) in [5.41, 5.74) is 0.450. The number of hydrogen-bond donors (Lipinski definition) is 1. The quantitative estimate of drug-likeness (QED) is 0.880. The molecule has 20 heavy (non-hydrogen) atoms. The molecule has 0 spiro atoms. The van der Waals surface area contributed by atoms with Crippen molar-refractivity contribution in [1.29, 1.82) is 0 Å². The molecule has 0 radical (unpaired) electrons. The van der Waals surface area contributed by atoms with Crippen LogP contribution in [0.4, 0.5) is 17.6 Å². The Bertz CT molecular complexity index is 565. The fourth-order valence-corrected chi connectivity index (χ4v) is 2.54. The largest absolute Gasteiger partial charge is 0.443 e. The summed E-state index contributed by atoms with van der Waals surface area (Å²) in [4.78, 5) is 7.68. The predicted molar refractivity (Wildman–Crippen MR) is 66.8 cm³/mol. The van der Waals surface area contributed by atoms with Gasteiger partial charge in [0.2, 0.25) is 0 Å². The summed E-state index contributed by atoms with van der Waals surface area (Å²) >= 11 is 0.555. The number of hydrogen-bond acceptors (Lipinski definition) is 4. The van der Waals surface area contributed by atoms with E-state index in [1.807, 2.05) is 6.92 Å². The maximum Gasteiger partial charge on any atom is 0.443 e. The number of alkyl halides is 3. The molecule has 8 heteroatoms.